The molecule has 4 aromatic carbocycles. The van der Waals surface area contributed by atoms with Crippen LogP contribution in [0.4, 0.5) is 0 Å². The van der Waals surface area contributed by atoms with Crippen molar-refractivity contribution in [2.24, 2.45) is 0 Å². The number of hydrogen-bond acceptors (Lipinski definition) is 16. The van der Waals surface area contributed by atoms with Crippen LogP contribution in [0.5, 0.6) is 0 Å². The lowest BCUT2D eigenvalue weighted by Crippen LogP contribution is -1.98. The van der Waals surface area contributed by atoms with Gasteiger partial charge < -0.3 is 9.97 Å². The van der Waals surface area contributed by atoms with Crippen LogP contribution >= 0.6 is 24.1 Å². The normalized spacial score (nSPS) is 12.4. The van der Waals surface area contributed by atoms with E-state index < -0.39 is 10.1 Å². The van der Waals surface area contributed by atoms with Crippen LogP contribution in [0.3, 0.4) is 0 Å². The molecule has 17 nitrogen and oxygen atoms in total. The maximum Gasteiger partial charge on any atom is 0.294 e. The topological polar surface area (TPSA) is 241 Å². The third-order valence-electron chi connectivity index (χ3n) is 8.27. The maximum absolute atomic E-state index is 12.2. The van der Waals surface area contributed by atoms with Gasteiger partial charge in [-0.2, -0.15) is 8.42 Å². The number of nitrogens with one attached hydrogen (secondary N) is 2. The van der Waals surface area contributed by atoms with Gasteiger partial charge in [0.25, 0.3) is 10.1 Å². The molecule has 258 valence electrons. The van der Waals surface area contributed by atoms with Gasteiger partial charge in [0.1, 0.15) is 22.6 Å². The molecule has 7 aromatic rings. The Hall–Kier alpha value is -5.39. The number of aromatic amines is 2. The van der Waals surface area contributed by atoms with E-state index >= 15 is 0 Å². The Morgan fingerprint density at radius 1 is 0.519 bits per heavy atom. The number of hydrogen-bond donors (Lipinski definition) is 5. The molecule has 0 spiro atoms. The molecule has 5 N–H and O–H groups in total. The van der Waals surface area contributed by atoms with Gasteiger partial charge in [-0.15, -0.1) is 8.67 Å². The van der Waals surface area contributed by atoms with Gasteiger partial charge in [0, 0.05) is 53.6 Å². The van der Waals surface area contributed by atoms with Gasteiger partial charge in [0.2, 0.25) is 0 Å². The van der Waals surface area contributed by atoms with E-state index in [4.69, 9.17) is 40.4 Å². The second kappa shape index (κ2) is 12.7. The van der Waals surface area contributed by atoms with E-state index in [9.17, 15) is 13.0 Å². The van der Waals surface area contributed by atoms with E-state index in [0.717, 1.165) is 29.5 Å². The molecule has 20 heteroatoms. The second-order valence-electron chi connectivity index (χ2n) is 11.2. The molecule has 0 saturated heterocycles. The molecule has 2 aliphatic rings. The smallest absolute Gasteiger partial charge is 0.294 e. The molecule has 52 heavy (non-hydrogen) atoms. The fraction of sp³-hybridized carbons (Fsp3) is 0. The summed E-state index contributed by atoms with van der Waals surface area (Å²) in [7, 11) is -4.57. The minimum Gasteiger partial charge on any atom is -0.324 e. The Morgan fingerprint density at radius 2 is 0.981 bits per heavy atom. The number of nitrogens with zero attached hydrogens (tertiary/aromatic N) is 6. The quantitative estimate of drug-likeness (QED) is 0.0477. The highest BCUT2D eigenvalue weighted by molar-refractivity contribution is 7.94. The number of fused-ring (bicyclic) bond motifs is 20. The van der Waals surface area contributed by atoms with Gasteiger partial charge in [-0.05, 0) is 54.6 Å². The van der Waals surface area contributed by atoms with Gasteiger partial charge in [0.15, 0.2) is 23.3 Å². The van der Waals surface area contributed by atoms with Crippen molar-refractivity contribution in [3.05, 3.63) is 78.9 Å². The summed E-state index contributed by atoms with van der Waals surface area (Å²) in [4.78, 5) is 36.5. The van der Waals surface area contributed by atoms with E-state index in [1.54, 1.807) is 36.4 Å². The van der Waals surface area contributed by atoms with Crippen LogP contribution in [0.25, 0.3) is 89.7 Å². The van der Waals surface area contributed by atoms with E-state index in [-0.39, 0.29) is 16.5 Å². The minimum absolute atomic E-state index is 0.133. The summed E-state index contributed by atoms with van der Waals surface area (Å²) in [6.45, 7) is 0. The van der Waals surface area contributed by atoms with Crippen LogP contribution in [0.2, 0.25) is 0 Å². The molecular weight excluding hydrogens is 737 g/mol. The summed E-state index contributed by atoms with van der Waals surface area (Å²) < 4.78 is 43.6. The molecule has 0 atom stereocenters. The van der Waals surface area contributed by atoms with Crippen molar-refractivity contribution < 1.29 is 42.2 Å². The monoisotopic (exact) mass is 754 g/mol. The van der Waals surface area contributed by atoms with E-state index in [1.165, 1.54) is 18.2 Å². The maximum atomic E-state index is 12.2. The van der Waals surface area contributed by atoms with Crippen molar-refractivity contribution in [1.29, 1.82) is 0 Å². The van der Waals surface area contributed by atoms with Gasteiger partial charge in [0.05, 0.1) is 29.0 Å². The Bertz CT molecular complexity index is 2900. The molecule has 5 heterocycles. The highest BCUT2D eigenvalue weighted by atomic mass is 32.2. The zero-order valence-corrected chi connectivity index (χ0v) is 28.2. The first-order chi connectivity index (χ1) is 25.3. The van der Waals surface area contributed by atoms with Crippen molar-refractivity contribution in [1.82, 2.24) is 39.9 Å². The Morgan fingerprint density at radius 3 is 1.54 bits per heavy atom. The lowest BCUT2D eigenvalue weighted by atomic mass is 10.1. The molecule has 3 aromatic heterocycles. The number of benzene rings is 4. The third kappa shape index (κ3) is 5.64. The molecule has 2 aliphatic heterocycles. The van der Waals surface area contributed by atoms with Crippen molar-refractivity contribution in [2.75, 3.05) is 0 Å². The molecule has 8 bridgehead atoms. The second-order valence-corrected chi connectivity index (χ2v) is 14.2. The van der Waals surface area contributed by atoms with E-state index in [2.05, 4.69) is 28.7 Å². The highest BCUT2D eigenvalue weighted by Gasteiger charge is 2.25. The molecule has 0 aliphatic carbocycles. The van der Waals surface area contributed by atoms with Crippen LogP contribution in [-0.4, -0.2) is 63.4 Å². The van der Waals surface area contributed by atoms with Crippen LogP contribution in [-0.2, 0) is 28.9 Å². The summed E-state index contributed by atoms with van der Waals surface area (Å²) in [5.74, 6) is 0.968. The van der Waals surface area contributed by atoms with Crippen LogP contribution in [0, 0.1) is 0 Å². The zero-order chi connectivity index (χ0) is 35.6. The van der Waals surface area contributed by atoms with Crippen LogP contribution < -0.4 is 0 Å². The molecule has 0 saturated carbocycles. The fourth-order valence-corrected chi connectivity index (χ4v) is 7.36. The SMILES string of the molecule is O=S(=O)(O)c1ccc2c(c1)-c1nc-2nc2[nH]c(nc3nc(nc4[nH]c(n1)c1ccccc41)-c1ccc(SOOO)cc1-3)c1ccc(SOOO)cc21. The first-order valence-corrected chi connectivity index (χ1v) is 17.8. The predicted molar refractivity (Wildman–Crippen MR) is 187 cm³/mol. The van der Waals surface area contributed by atoms with Crippen molar-refractivity contribution in [2.45, 2.75) is 14.7 Å². The average molecular weight is 755 g/mol. The van der Waals surface area contributed by atoms with Crippen molar-refractivity contribution in [3.8, 4) is 45.6 Å². The largest absolute Gasteiger partial charge is 0.324 e. The number of rotatable bonds is 7. The molecule has 0 radical (unpaired) electrons. The number of aromatic nitrogens is 8. The number of H-pyrrole nitrogens is 2. The van der Waals surface area contributed by atoms with Gasteiger partial charge in [-0.1, -0.05) is 34.3 Å². The molecule has 0 amide bonds. The van der Waals surface area contributed by atoms with Gasteiger partial charge in [-0.3, -0.25) is 4.55 Å². The average Bonchev–Trinajstić information content (AvgIpc) is 3.87. The first kappa shape index (κ1) is 32.5. The van der Waals surface area contributed by atoms with Crippen LogP contribution in [0.1, 0.15) is 0 Å². The standard InChI is InChI=1S/C32H18N8O9S3/c41-46-48-50-14-5-8-19-22(11-14)30-36-27(19)34-25-17-3-1-2-4-18(17)26(33-25)35-32-24-13-16(52(43,44)45)7-10-21(24)29(40-32)39-31-23-12-15(51-49-47-42)6-9-20(23)28(37-30)38-31/h1-13,41-42H,(H,43,44,45)(H2,33,34,35,36,37,38,39,40). The summed E-state index contributed by atoms with van der Waals surface area (Å²) in [5, 5.41) is 27.7. The highest BCUT2D eigenvalue weighted by Crippen LogP contribution is 2.39. The fourth-order valence-electron chi connectivity index (χ4n) is 6.05. The van der Waals surface area contributed by atoms with Crippen molar-refractivity contribution >= 4 is 78.3 Å². The Labute approximate surface area is 298 Å². The van der Waals surface area contributed by atoms with Crippen LogP contribution in [0.15, 0.2) is 93.5 Å². The molecule has 0 fully saturated rings. The molecular formula is C32H18N8O9S3. The van der Waals surface area contributed by atoms with E-state index in [0.29, 0.717) is 82.4 Å². The molecule has 9 rings (SSSR count). The summed E-state index contributed by atoms with van der Waals surface area (Å²) in [6, 6.07) is 22.0. The minimum atomic E-state index is -4.57. The lowest BCUT2D eigenvalue weighted by Gasteiger charge is -2.02. The zero-order valence-electron chi connectivity index (χ0n) is 25.7. The summed E-state index contributed by atoms with van der Waals surface area (Å²) >= 11 is 1.54. The van der Waals surface area contributed by atoms with E-state index in [1.807, 2.05) is 24.3 Å². The lowest BCUT2D eigenvalue weighted by molar-refractivity contribution is -0.432. The summed E-state index contributed by atoms with van der Waals surface area (Å²) in [6.07, 6.45) is 0. The van der Waals surface area contributed by atoms with Gasteiger partial charge >= 0.3 is 0 Å². The Balaban J connectivity index is 1.42. The Kier molecular flexibility index (Phi) is 7.93. The first-order valence-electron chi connectivity index (χ1n) is 14.9. The van der Waals surface area contributed by atoms with Crippen molar-refractivity contribution in [3.63, 3.8) is 0 Å². The summed E-state index contributed by atoms with van der Waals surface area (Å²) in [5.41, 5.74) is 3.54. The molecule has 0 unspecified atom stereocenters. The predicted octanol–water partition coefficient (Wildman–Crippen LogP) is 6.97. The third-order valence-corrected chi connectivity index (χ3v) is 10.3. The van der Waals surface area contributed by atoms with Gasteiger partial charge in [-0.25, -0.2) is 40.4 Å².